The molecule has 0 N–H and O–H groups in total. The minimum absolute atomic E-state index is 0.204. The summed E-state index contributed by atoms with van der Waals surface area (Å²) in [5, 5.41) is 3.99. The quantitative estimate of drug-likeness (QED) is 0.627. The van der Waals surface area contributed by atoms with E-state index in [4.69, 9.17) is 0 Å². The third kappa shape index (κ3) is 2.87. The molecule has 0 aliphatic carbocycles. The maximum absolute atomic E-state index is 13.0. The van der Waals surface area contributed by atoms with Crippen molar-refractivity contribution < 1.29 is 13.2 Å². The lowest BCUT2D eigenvalue weighted by molar-refractivity contribution is -0.142. The topological polar surface area (TPSA) is 43.1 Å². The van der Waals surface area contributed by atoms with Gasteiger partial charge in [0.1, 0.15) is 11.5 Å². The Labute approximate surface area is 114 Å². The summed E-state index contributed by atoms with van der Waals surface area (Å²) >= 11 is 0. The van der Waals surface area contributed by atoms with Gasteiger partial charge in [-0.05, 0) is 32.0 Å². The van der Waals surface area contributed by atoms with Gasteiger partial charge in [-0.15, -0.1) is 0 Å². The van der Waals surface area contributed by atoms with Crippen LogP contribution in [0.25, 0.3) is 11.3 Å². The highest BCUT2D eigenvalue weighted by Gasteiger charge is 2.36. The zero-order chi connectivity index (χ0) is 14.8. The Morgan fingerprint density at radius 1 is 1.40 bits per heavy atom. The summed E-state index contributed by atoms with van der Waals surface area (Å²) in [6.07, 6.45) is -1.47. The minimum Gasteiger partial charge on any atom is -0.271 e. The lowest BCUT2D eigenvalue weighted by atomic mass is 10.2. The molecule has 4 nitrogen and oxygen atoms in total. The summed E-state index contributed by atoms with van der Waals surface area (Å²) in [5.74, 6) is 0.204. The highest BCUT2D eigenvalue weighted by atomic mass is 19.4. The molecule has 0 unspecified atom stereocenters. The first kappa shape index (κ1) is 14.2. The number of halogens is 3. The number of pyridine rings is 1. The summed E-state index contributed by atoms with van der Waals surface area (Å²) in [6.45, 7) is 3.65. The van der Waals surface area contributed by atoms with Gasteiger partial charge in [-0.3, -0.25) is 9.98 Å². The largest absolute Gasteiger partial charge is 0.433 e. The number of hydrogen-bond acceptors (Lipinski definition) is 3. The molecule has 2 aromatic heterocycles. The molecule has 0 bridgehead atoms. The van der Waals surface area contributed by atoms with Gasteiger partial charge in [0, 0.05) is 24.5 Å². The normalized spacial score (nSPS) is 12.8. The van der Waals surface area contributed by atoms with Crippen molar-refractivity contribution in [2.24, 2.45) is 4.99 Å². The summed E-state index contributed by atoms with van der Waals surface area (Å²) in [6, 6.07) is 4.31. The van der Waals surface area contributed by atoms with Gasteiger partial charge in [-0.1, -0.05) is 0 Å². The molecule has 0 spiro atoms. The van der Waals surface area contributed by atoms with E-state index in [9.17, 15) is 13.2 Å². The molecule has 7 heteroatoms. The van der Waals surface area contributed by atoms with Gasteiger partial charge in [0.25, 0.3) is 0 Å². The fraction of sp³-hybridized carbons (Fsp3) is 0.308. The average molecular weight is 282 g/mol. The smallest absolute Gasteiger partial charge is 0.271 e. The molecule has 0 aliphatic heterocycles. The number of aromatic nitrogens is 3. The van der Waals surface area contributed by atoms with E-state index < -0.39 is 11.9 Å². The molecule has 0 fully saturated rings. The van der Waals surface area contributed by atoms with Crippen LogP contribution in [0.5, 0.6) is 0 Å². The second-order valence-corrected chi connectivity index (χ2v) is 4.09. The van der Waals surface area contributed by atoms with Crippen LogP contribution in [0.1, 0.15) is 19.5 Å². The van der Waals surface area contributed by atoms with Crippen LogP contribution in [0.15, 0.2) is 35.6 Å². The third-order valence-corrected chi connectivity index (χ3v) is 2.65. The first-order chi connectivity index (χ1) is 9.43. The SMILES string of the molecule is CCN=C(C)n1nc(-c2cccnc2)cc1C(F)(F)F. The Kier molecular flexibility index (Phi) is 3.87. The van der Waals surface area contributed by atoms with Crippen LogP contribution >= 0.6 is 0 Å². The zero-order valence-corrected chi connectivity index (χ0v) is 11.0. The molecule has 0 saturated carbocycles. The average Bonchev–Trinajstić information content (AvgIpc) is 2.85. The van der Waals surface area contributed by atoms with E-state index in [0.717, 1.165) is 10.7 Å². The molecule has 20 heavy (non-hydrogen) atoms. The van der Waals surface area contributed by atoms with Gasteiger partial charge in [0.05, 0.1) is 5.69 Å². The molecule has 0 aromatic carbocycles. The lowest BCUT2D eigenvalue weighted by Gasteiger charge is -2.09. The fourth-order valence-corrected chi connectivity index (χ4v) is 1.78. The van der Waals surface area contributed by atoms with Crippen molar-refractivity contribution in [3.8, 4) is 11.3 Å². The molecule has 2 rings (SSSR count). The van der Waals surface area contributed by atoms with Gasteiger partial charge < -0.3 is 0 Å². The Morgan fingerprint density at radius 2 is 2.15 bits per heavy atom. The van der Waals surface area contributed by atoms with Gasteiger partial charge >= 0.3 is 6.18 Å². The van der Waals surface area contributed by atoms with Crippen molar-refractivity contribution in [3.63, 3.8) is 0 Å². The van der Waals surface area contributed by atoms with Gasteiger partial charge in [0.15, 0.2) is 0 Å². The van der Waals surface area contributed by atoms with Crippen LogP contribution in [0, 0.1) is 0 Å². The molecular formula is C13H13F3N4. The zero-order valence-electron chi connectivity index (χ0n) is 11.0. The van der Waals surface area contributed by atoms with Gasteiger partial charge in [-0.25, -0.2) is 4.68 Å². The predicted octanol–water partition coefficient (Wildman–Crippen LogP) is 3.25. The van der Waals surface area contributed by atoms with Crippen LogP contribution in [-0.2, 0) is 6.18 Å². The highest BCUT2D eigenvalue weighted by molar-refractivity contribution is 5.82. The van der Waals surface area contributed by atoms with Crippen LogP contribution in [0.3, 0.4) is 0 Å². The Bertz CT molecular complexity index is 614. The minimum atomic E-state index is -4.49. The molecule has 0 aliphatic rings. The second kappa shape index (κ2) is 5.44. The highest BCUT2D eigenvalue weighted by Crippen LogP contribution is 2.32. The molecule has 0 amide bonds. The second-order valence-electron chi connectivity index (χ2n) is 4.09. The monoisotopic (exact) mass is 282 g/mol. The molecule has 106 valence electrons. The predicted molar refractivity (Wildman–Crippen MR) is 69.5 cm³/mol. The van der Waals surface area contributed by atoms with Gasteiger partial charge in [-0.2, -0.15) is 18.3 Å². The van der Waals surface area contributed by atoms with E-state index in [-0.39, 0.29) is 11.5 Å². The summed E-state index contributed by atoms with van der Waals surface area (Å²) in [4.78, 5) is 7.86. The van der Waals surface area contributed by atoms with Crippen LogP contribution in [0.2, 0.25) is 0 Å². The van der Waals surface area contributed by atoms with Crippen LogP contribution in [0.4, 0.5) is 13.2 Å². The Morgan fingerprint density at radius 3 is 2.70 bits per heavy atom. The van der Waals surface area contributed by atoms with Crippen molar-refractivity contribution >= 4 is 5.84 Å². The van der Waals surface area contributed by atoms with E-state index in [1.54, 1.807) is 25.3 Å². The lowest BCUT2D eigenvalue weighted by Crippen LogP contribution is -2.19. The number of alkyl halides is 3. The van der Waals surface area contributed by atoms with Crippen molar-refractivity contribution in [1.82, 2.24) is 14.8 Å². The van der Waals surface area contributed by atoms with E-state index >= 15 is 0 Å². The first-order valence-corrected chi connectivity index (χ1v) is 6.02. The fourth-order valence-electron chi connectivity index (χ4n) is 1.78. The summed E-state index contributed by atoms with van der Waals surface area (Å²) < 4.78 is 40.0. The number of nitrogens with zero attached hydrogens (tertiary/aromatic N) is 4. The summed E-state index contributed by atoms with van der Waals surface area (Å²) in [5.41, 5.74) is -0.0943. The number of rotatable bonds is 2. The van der Waals surface area contributed by atoms with Crippen molar-refractivity contribution in [2.45, 2.75) is 20.0 Å². The maximum Gasteiger partial charge on any atom is 0.433 e. The van der Waals surface area contributed by atoms with Crippen LogP contribution in [-0.4, -0.2) is 27.1 Å². The van der Waals surface area contributed by atoms with Gasteiger partial charge in [0.2, 0.25) is 0 Å². The molecule has 0 radical (unpaired) electrons. The van der Waals surface area contributed by atoms with Crippen LogP contribution < -0.4 is 0 Å². The van der Waals surface area contributed by atoms with Crippen molar-refractivity contribution in [3.05, 3.63) is 36.3 Å². The molecule has 0 atom stereocenters. The van der Waals surface area contributed by atoms with Crippen molar-refractivity contribution in [2.75, 3.05) is 6.54 Å². The van der Waals surface area contributed by atoms with E-state index in [2.05, 4.69) is 15.1 Å². The summed E-state index contributed by atoms with van der Waals surface area (Å²) in [7, 11) is 0. The maximum atomic E-state index is 13.0. The molecule has 0 saturated heterocycles. The number of hydrogen-bond donors (Lipinski definition) is 0. The standard InChI is InChI=1S/C13H13F3N4/c1-3-18-9(2)20-12(13(14,15)16)7-11(19-20)10-5-4-6-17-8-10/h4-8H,3H2,1-2H3. The van der Waals surface area contributed by atoms with E-state index in [1.165, 1.54) is 13.1 Å². The van der Waals surface area contributed by atoms with Crippen molar-refractivity contribution in [1.29, 1.82) is 0 Å². The Balaban J connectivity index is 2.56. The first-order valence-electron chi connectivity index (χ1n) is 6.02. The molecular weight excluding hydrogens is 269 g/mol. The number of aliphatic imine (C=N–C) groups is 1. The molecule has 2 aromatic rings. The van der Waals surface area contributed by atoms with E-state index in [1.807, 2.05) is 0 Å². The van der Waals surface area contributed by atoms with E-state index in [0.29, 0.717) is 12.1 Å². The Hall–Kier alpha value is -2.18. The molecule has 2 heterocycles. The third-order valence-electron chi connectivity index (χ3n) is 2.65.